The van der Waals surface area contributed by atoms with Crippen molar-refractivity contribution >= 4 is 17.7 Å². The third-order valence-corrected chi connectivity index (χ3v) is 3.78. The lowest BCUT2D eigenvalue weighted by Crippen LogP contribution is -2.07. The Hall–Kier alpha value is -4.07. The van der Waals surface area contributed by atoms with Crippen molar-refractivity contribution in [3.05, 3.63) is 78.6 Å². The molecule has 0 aliphatic carbocycles. The molecule has 2 aromatic heterocycles. The predicted octanol–water partition coefficient (Wildman–Crippen LogP) is 2.70. The number of nitrogens with one attached hydrogen (secondary N) is 2. The molecule has 0 fully saturated rings. The summed E-state index contributed by atoms with van der Waals surface area (Å²) in [6, 6.07) is 17.0. The lowest BCUT2D eigenvalue weighted by molar-refractivity contribution is -0.111. The minimum atomic E-state index is -0.243. The van der Waals surface area contributed by atoms with Crippen molar-refractivity contribution in [1.82, 2.24) is 30.4 Å². The second kappa shape index (κ2) is 7.44. The molecule has 0 saturated heterocycles. The third kappa shape index (κ3) is 3.96. The zero-order valence-corrected chi connectivity index (χ0v) is 14.1. The molecule has 0 spiro atoms. The Balaban J connectivity index is 1.43. The van der Waals surface area contributed by atoms with Crippen LogP contribution >= 0.6 is 0 Å². The van der Waals surface area contributed by atoms with Gasteiger partial charge in [-0.25, -0.2) is 4.68 Å². The van der Waals surface area contributed by atoms with Crippen molar-refractivity contribution < 1.29 is 4.79 Å². The number of nitrogens with zero attached hydrogens (tertiary/aromatic N) is 5. The first kappa shape index (κ1) is 16.4. The van der Waals surface area contributed by atoms with Crippen LogP contribution in [0.5, 0.6) is 0 Å². The quantitative estimate of drug-likeness (QED) is 0.535. The van der Waals surface area contributed by atoms with Crippen LogP contribution in [-0.2, 0) is 4.79 Å². The minimum Gasteiger partial charge on any atom is -0.322 e. The number of aromatic amines is 1. The highest BCUT2D eigenvalue weighted by Crippen LogP contribution is 2.18. The second-order valence-corrected chi connectivity index (χ2v) is 5.69. The highest BCUT2D eigenvalue weighted by molar-refractivity contribution is 6.02. The first-order chi connectivity index (χ1) is 13.3. The molecule has 8 nitrogen and oxygen atoms in total. The van der Waals surface area contributed by atoms with E-state index in [1.165, 1.54) is 6.08 Å². The Morgan fingerprint density at radius 3 is 2.81 bits per heavy atom. The molecule has 4 rings (SSSR count). The number of H-pyrrole nitrogens is 1. The largest absolute Gasteiger partial charge is 0.322 e. The zero-order chi connectivity index (χ0) is 18.5. The molecule has 1 amide bonds. The number of amides is 1. The molecule has 4 aromatic rings. The van der Waals surface area contributed by atoms with Crippen LogP contribution in [0.4, 0.5) is 5.69 Å². The molecule has 2 N–H and O–H groups in total. The number of aromatic nitrogens is 6. The fraction of sp³-hybridized carbons (Fsp3) is 0. The lowest BCUT2D eigenvalue weighted by atomic mass is 10.2. The minimum absolute atomic E-state index is 0.243. The normalized spacial score (nSPS) is 11.0. The lowest BCUT2D eigenvalue weighted by Gasteiger charge is -2.03. The number of benzene rings is 2. The standard InChI is InChI=1S/C19H15N7O/c27-18(21-16-6-4-5-15(11-16)19-22-24-25-23-19)10-9-14-12-20-26(13-14)17-7-2-1-3-8-17/h1-13H,(H,21,27)(H,22,23,24,25). The van der Waals surface area contributed by atoms with E-state index in [1.54, 1.807) is 29.1 Å². The Kier molecular flexibility index (Phi) is 4.52. The summed E-state index contributed by atoms with van der Waals surface area (Å²) in [5.74, 6) is 0.225. The monoisotopic (exact) mass is 357 g/mol. The number of anilines is 1. The summed E-state index contributed by atoms with van der Waals surface area (Å²) in [4.78, 5) is 12.2. The number of rotatable bonds is 5. The van der Waals surface area contributed by atoms with Gasteiger partial charge in [-0.2, -0.15) is 10.3 Å². The molecule has 8 heteroatoms. The van der Waals surface area contributed by atoms with Crippen molar-refractivity contribution in [2.24, 2.45) is 0 Å². The van der Waals surface area contributed by atoms with E-state index in [0.29, 0.717) is 11.5 Å². The van der Waals surface area contributed by atoms with Gasteiger partial charge in [0.1, 0.15) is 0 Å². The van der Waals surface area contributed by atoms with Gasteiger partial charge >= 0.3 is 0 Å². The molecule has 27 heavy (non-hydrogen) atoms. The van der Waals surface area contributed by atoms with Gasteiger partial charge in [0.15, 0.2) is 0 Å². The van der Waals surface area contributed by atoms with E-state index in [0.717, 1.165) is 16.8 Å². The highest BCUT2D eigenvalue weighted by atomic mass is 16.1. The van der Waals surface area contributed by atoms with Crippen LogP contribution in [0.3, 0.4) is 0 Å². The molecule has 0 bridgehead atoms. The molecule has 2 heterocycles. The summed E-state index contributed by atoms with van der Waals surface area (Å²) in [7, 11) is 0. The van der Waals surface area contributed by atoms with Gasteiger partial charge in [-0.15, -0.1) is 10.2 Å². The van der Waals surface area contributed by atoms with E-state index in [1.807, 2.05) is 48.7 Å². The predicted molar refractivity (Wildman–Crippen MR) is 101 cm³/mol. The van der Waals surface area contributed by atoms with Crippen LogP contribution in [0.2, 0.25) is 0 Å². The van der Waals surface area contributed by atoms with E-state index in [2.05, 4.69) is 31.0 Å². The summed E-state index contributed by atoms with van der Waals surface area (Å²) >= 11 is 0. The van der Waals surface area contributed by atoms with Gasteiger partial charge in [-0.05, 0) is 35.6 Å². The van der Waals surface area contributed by atoms with E-state index >= 15 is 0 Å². The van der Waals surface area contributed by atoms with Gasteiger partial charge in [0.05, 0.1) is 11.9 Å². The fourth-order valence-corrected chi connectivity index (χ4v) is 2.52. The van der Waals surface area contributed by atoms with Crippen molar-refractivity contribution in [3.63, 3.8) is 0 Å². The van der Waals surface area contributed by atoms with Crippen LogP contribution < -0.4 is 5.32 Å². The van der Waals surface area contributed by atoms with Gasteiger partial charge in [-0.3, -0.25) is 4.79 Å². The third-order valence-electron chi connectivity index (χ3n) is 3.78. The molecule has 2 aromatic carbocycles. The number of tetrazole rings is 1. The topological polar surface area (TPSA) is 101 Å². The SMILES string of the molecule is O=C(C=Cc1cnn(-c2ccccc2)c1)Nc1cccc(-c2nn[nH]n2)c1. The summed E-state index contributed by atoms with van der Waals surface area (Å²) in [5, 5.41) is 20.9. The summed E-state index contributed by atoms with van der Waals surface area (Å²) in [6.45, 7) is 0. The molecule has 0 unspecified atom stereocenters. The molecule has 0 radical (unpaired) electrons. The van der Waals surface area contributed by atoms with Gasteiger partial charge < -0.3 is 5.32 Å². The van der Waals surface area contributed by atoms with Gasteiger partial charge in [0, 0.05) is 29.1 Å². The maximum atomic E-state index is 12.2. The molecular weight excluding hydrogens is 342 g/mol. The fourth-order valence-electron chi connectivity index (χ4n) is 2.52. The molecule has 0 saturated carbocycles. The van der Waals surface area contributed by atoms with E-state index < -0.39 is 0 Å². The van der Waals surface area contributed by atoms with Crippen LogP contribution in [0, 0.1) is 0 Å². The van der Waals surface area contributed by atoms with E-state index in [-0.39, 0.29) is 5.91 Å². The highest BCUT2D eigenvalue weighted by Gasteiger charge is 2.05. The average Bonchev–Trinajstić information content (AvgIpc) is 3.40. The number of hydrogen-bond acceptors (Lipinski definition) is 5. The number of para-hydroxylation sites is 1. The Bertz CT molecular complexity index is 1070. The number of hydrogen-bond donors (Lipinski definition) is 2. The first-order valence-electron chi connectivity index (χ1n) is 8.21. The summed E-state index contributed by atoms with van der Waals surface area (Å²) in [5.41, 5.74) is 3.19. The molecule has 0 aliphatic heterocycles. The van der Waals surface area contributed by atoms with Crippen molar-refractivity contribution in [2.45, 2.75) is 0 Å². The van der Waals surface area contributed by atoms with Gasteiger partial charge in [-0.1, -0.05) is 30.3 Å². The summed E-state index contributed by atoms with van der Waals surface area (Å²) in [6.07, 6.45) is 6.74. The second-order valence-electron chi connectivity index (χ2n) is 5.69. The molecule has 0 aliphatic rings. The van der Waals surface area contributed by atoms with Crippen LogP contribution in [0.15, 0.2) is 73.1 Å². The smallest absolute Gasteiger partial charge is 0.248 e. The maximum absolute atomic E-state index is 12.2. The van der Waals surface area contributed by atoms with Crippen LogP contribution in [0.25, 0.3) is 23.2 Å². The van der Waals surface area contributed by atoms with E-state index in [4.69, 9.17) is 0 Å². The van der Waals surface area contributed by atoms with Crippen molar-refractivity contribution in [3.8, 4) is 17.1 Å². The first-order valence-corrected chi connectivity index (χ1v) is 8.21. The molecule has 132 valence electrons. The van der Waals surface area contributed by atoms with Gasteiger partial charge in [0.2, 0.25) is 11.7 Å². The Morgan fingerprint density at radius 2 is 2.00 bits per heavy atom. The Morgan fingerprint density at radius 1 is 1.11 bits per heavy atom. The van der Waals surface area contributed by atoms with E-state index in [9.17, 15) is 4.79 Å². The zero-order valence-electron chi connectivity index (χ0n) is 14.1. The average molecular weight is 357 g/mol. The van der Waals surface area contributed by atoms with Crippen LogP contribution in [0.1, 0.15) is 5.56 Å². The number of carbonyl (C=O) groups excluding carboxylic acids is 1. The Labute approximate surface area is 154 Å². The molecular formula is C19H15N7O. The van der Waals surface area contributed by atoms with Crippen LogP contribution in [-0.4, -0.2) is 36.3 Å². The maximum Gasteiger partial charge on any atom is 0.248 e. The van der Waals surface area contributed by atoms with Crippen molar-refractivity contribution in [1.29, 1.82) is 0 Å². The van der Waals surface area contributed by atoms with Crippen molar-refractivity contribution in [2.75, 3.05) is 5.32 Å². The summed E-state index contributed by atoms with van der Waals surface area (Å²) < 4.78 is 1.76. The number of carbonyl (C=O) groups is 1. The van der Waals surface area contributed by atoms with Gasteiger partial charge in [0.25, 0.3) is 0 Å². The molecule has 0 atom stereocenters.